The van der Waals surface area contributed by atoms with Gasteiger partial charge in [0.25, 0.3) is 5.95 Å². The molecule has 10 heteroatoms. The summed E-state index contributed by atoms with van der Waals surface area (Å²) in [6.07, 6.45) is 2.59. The first-order valence-corrected chi connectivity index (χ1v) is 6.36. The van der Waals surface area contributed by atoms with Crippen LogP contribution in [0.15, 0.2) is 29.3 Å². The molecule has 0 atom stereocenters. The zero-order valence-corrected chi connectivity index (χ0v) is 11.8. The van der Waals surface area contributed by atoms with E-state index in [2.05, 4.69) is 41.0 Å². The van der Waals surface area contributed by atoms with Gasteiger partial charge >= 0.3 is 0 Å². The third-order valence-corrected chi connectivity index (χ3v) is 3.14. The second kappa shape index (κ2) is 5.13. The number of halogens is 3. The molecule has 106 valence electrons. The average Bonchev–Trinajstić information content (AvgIpc) is 2.97. The van der Waals surface area contributed by atoms with Gasteiger partial charge in [0.2, 0.25) is 5.95 Å². The van der Waals surface area contributed by atoms with E-state index in [1.54, 1.807) is 0 Å². The first-order valence-electron chi connectivity index (χ1n) is 5.56. The van der Waals surface area contributed by atoms with E-state index in [9.17, 15) is 8.78 Å². The summed E-state index contributed by atoms with van der Waals surface area (Å²) in [6, 6.07) is 2.34. The number of benzene rings is 1. The third-order valence-electron chi connectivity index (χ3n) is 2.53. The topological polar surface area (TPSA) is 95.4 Å². The standard InChI is InChI=1S/C11H6BrF2N7/c12-5-1-2-6(13)7(8(5)14)9-18-10(15)20-11(19-9)21-4-16-3-17-21/h1-4H,(H2,15,18,19,20). The van der Waals surface area contributed by atoms with Gasteiger partial charge in [0.05, 0.1) is 10.0 Å². The van der Waals surface area contributed by atoms with Gasteiger partial charge in [-0.3, -0.25) is 0 Å². The van der Waals surface area contributed by atoms with Gasteiger partial charge in [0, 0.05) is 0 Å². The molecule has 7 nitrogen and oxygen atoms in total. The molecule has 0 spiro atoms. The van der Waals surface area contributed by atoms with Gasteiger partial charge in [-0.05, 0) is 28.1 Å². The zero-order valence-electron chi connectivity index (χ0n) is 10.2. The largest absolute Gasteiger partial charge is 0.368 e. The maximum Gasteiger partial charge on any atom is 0.257 e. The highest BCUT2D eigenvalue weighted by Crippen LogP contribution is 2.28. The molecular weight excluding hydrogens is 348 g/mol. The Bertz CT molecular complexity index is 807. The summed E-state index contributed by atoms with van der Waals surface area (Å²) in [5.41, 5.74) is 5.16. The number of nitrogens with zero attached hydrogens (tertiary/aromatic N) is 6. The van der Waals surface area contributed by atoms with E-state index in [1.165, 1.54) is 23.4 Å². The van der Waals surface area contributed by atoms with Crippen molar-refractivity contribution in [3.63, 3.8) is 0 Å². The predicted molar refractivity (Wildman–Crippen MR) is 72.2 cm³/mol. The molecule has 2 heterocycles. The lowest BCUT2D eigenvalue weighted by molar-refractivity contribution is 0.582. The molecule has 3 rings (SSSR count). The lowest BCUT2D eigenvalue weighted by Crippen LogP contribution is -2.09. The van der Waals surface area contributed by atoms with Crippen LogP contribution in [-0.2, 0) is 0 Å². The van der Waals surface area contributed by atoms with Crippen molar-refractivity contribution in [2.24, 2.45) is 0 Å². The summed E-state index contributed by atoms with van der Waals surface area (Å²) in [6.45, 7) is 0. The van der Waals surface area contributed by atoms with E-state index >= 15 is 0 Å². The fourth-order valence-corrected chi connectivity index (χ4v) is 1.97. The molecule has 3 aromatic rings. The molecule has 2 N–H and O–H groups in total. The minimum absolute atomic E-state index is 0.00813. The summed E-state index contributed by atoms with van der Waals surface area (Å²) >= 11 is 2.98. The molecule has 0 saturated carbocycles. The van der Waals surface area contributed by atoms with E-state index < -0.39 is 17.2 Å². The Morgan fingerprint density at radius 3 is 2.67 bits per heavy atom. The van der Waals surface area contributed by atoms with Crippen LogP contribution in [0.1, 0.15) is 0 Å². The van der Waals surface area contributed by atoms with Crippen molar-refractivity contribution < 1.29 is 8.78 Å². The van der Waals surface area contributed by atoms with Crippen molar-refractivity contribution in [2.75, 3.05) is 5.73 Å². The highest BCUT2D eigenvalue weighted by Gasteiger charge is 2.19. The monoisotopic (exact) mass is 353 g/mol. The second-order valence-corrected chi connectivity index (χ2v) is 4.73. The summed E-state index contributed by atoms with van der Waals surface area (Å²) in [5.74, 6) is -2.06. The Balaban J connectivity index is 2.23. The lowest BCUT2D eigenvalue weighted by atomic mass is 10.2. The Hall–Kier alpha value is -2.49. The van der Waals surface area contributed by atoms with Gasteiger partial charge in [-0.2, -0.15) is 24.7 Å². The molecular formula is C11H6BrF2N7. The molecule has 0 bridgehead atoms. The van der Waals surface area contributed by atoms with Crippen molar-refractivity contribution in [1.29, 1.82) is 0 Å². The van der Waals surface area contributed by atoms with E-state index in [4.69, 9.17) is 5.73 Å². The van der Waals surface area contributed by atoms with Crippen LogP contribution in [0.2, 0.25) is 0 Å². The van der Waals surface area contributed by atoms with Crippen LogP contribution in [0, 0.1) is 11.6 Å². The van der Waals surface area contributed by atoms with Crippen LogP contribution in [0.4, 0.5) is 14.7 Å². The van der Waals surface area contributed by atoms with E-state index in [-0.39, 0.29) is 22.2 Å². The lowest BCUT2D eigenvalue weighted by Gasteiger charge is -2.07. The number of rotatable bonds is 2. The molecule has 0 radical (unpaired) electrons. The fourth-order valence-electron chi connectivity index (χ4n) is 1.64. The number of nitrogen functional groups attached to an aromatic ring is 1. The quantitative estimate of drug-likeness (QED) is 0.705. The Morgan fingerprint density at radius 1 is 1.14 bits per heavy atom. The summed E-state index contributed by atoms with van der Waals surface area (Å²) < 4.78 is 29.3. The summed E-state index contributed by atoms with van der Waals surface area (Å²) in [5, 5.41) is 3.83. The van der Waals surface area contributed by atoms with Crippen LogP contribution >= 0.6 is 15.9 Å². The minimum atomic E-state index is -0.829. The van der Waals surface area contributed by atoms with Crippen molar-refractivity contribution in [1.82, 2.24) is 29.7 Å². The van der Waals surface area contributed by atoms with Crippen LogP contribution in [0.25, 0.3) is 17.3 Å². The Morgan fingerprint density at radius 2 is 1.95 bits per heavy atom. The number of anilines is 1. The predicted octanol–water partition coefficient (Wildman–Crippen LogP) is 1.74. The molecule has 0 unspecified atom stereocenters. The molecule has 0 aliphatic carbocycles. The van der Waals surface area contributed by atoms with Gasteiger partial charge in [0.1, 0.15) is 18.5 Å². The van der Waals surface area contributed by atoms with Gasteiger partial charge in [-0.25, -0.2) is 13.8 Å². The molecule has 1 aromatic carbocycles. The molecule has 0 aliphatic heterocycles. The highest BCUT2D eigenvalue weighted by molar-refractivity contribution is 9.10. The molecule has 0 amide bonds. The zero-order chi connectivity index (χ0) is 15.0. The molecule has 2 aromatic heterocycles. The number of hydrogen-bond acceptors (Lipinski definition) is 6. The third kappa shape index (κ3) is 2.44. The number of hydrogen-bond donors (Lipinski definition) is 1. The summed E-state index contributed by atoms with van der Waals surface area (Å²) in [7, 11) is 0. The van der Waals surface area contributed by atoms with Gasteiger partial charge in [-0.15, -0.1) is 0 Å². The Labute approximate surface area is 125 Å². The smallest absolute Gasteiger partial charge is 0.257 e. The summed E-state index contributed by atoms with van der Waals surface area (Å²) in [4.78, 5) is 15.3. The first-order chi connectivity index (χ1) is 10.1. The minimum Gasteiger partial charge on any atom is -0.368 e. The maximum atomic E-state index is 14.1. The molecule has 0 saturated heterocycles. The van der Waals surface area contributed by atoms with Gasteiger partial charge in [-0.1, -0.05) is 0 Å². The Kier molecular flexibility index (Phi) is 3.29. The van der Waals surface area contributed by atoms with Crippen LogP contribution in [0.5, 0.6) is 0 Å². The van der Waals surface area contributed by atoms with Crippen molar-refractivity contribution in [3.05, 3.63) is 40.9 Å². The van der Waals surface area contributed by atoms with Crippen LogP contribution in [-0.4, -0.2) is 29.7 Å². The maximum absolute atomic E-state index is 14.1. The van der Waals surface area contributed by atoms with Gasteiger partial charge < -0.3 is 5.73 Å². The average molecular weight is 354 g/mol. The van der Waals surface area contributed by atoms with E-state index in [0.29, 0.717) is 0 Å². The normalized spacial score (nSPS) is 10.8. The van der Waals surface area contributed by atoms with E-state index in [1.807, 2.05) is 0 Å². The number of aromatic nitrogens is 6. The first kappa shape index (κ1) is 13.5. The molecule has 0 fully saturated rings. The van der Waals surface area contributed by atoms with E-state index in [0.717, 1.165) is 6.07 Å². The highest BCUT2D eigenvalue weighted by atomic mass is 79.9. The van der Waals surface area contributed by atoms with Crippen LogP contribution < -0.4 is 5.73 Å². The number of nitrogens with two attached hydrogens (primary N) is 1. The SMILES string of the molecule is Nc1nc(-c2c(F)ccc(Br)c2F)nc(-n2cncn2)n1. The van der Waals surface area contributed by atoms with Gasteiger partial charge in [0.15, 0.2) is 11.6 Å². The van der Waals surface area contributed by atoms with Crippen molar-refractivity contribution in [2.45, 2.75) is 0 Å². The second-order valence-electron chi connectivity index (χ2n) is 3.88. The molecule has 21 heavy (non-hydrogen) atoms. The fraction of sp³-hybridized carbons (Fsp3) is 0. The van der Waals surface area contributed by atoms with Crippen LogP contribution in [0.3, 0.4) is 0 Å². The molecule has 0 aliphatic rings. The van der Waals surface area contributed by atoms with Crippen molar-refractivity contribution in [3.8, 4) is 17.3 Å². The van der Waals surface area contributed by atoms with Crippen molar-refractivity contribution >= 4 is 21.9 Å².